The van der Waals surface area contributed by atoms with Crippen LogP contribution in [0, 0.1) is 17.5 Å². The summed E-state index contributed by atoms with van der Waals surface area (Å²) in [6, 6.07) is 18.0. The van der Waals surface area contributed by atoms with Gasteiger partial charge in [0, 0.05) is 84.6 Å². The fourth-order valence-electron chi connectivity index (χ4n) is 8.10. The Morgan fingerprint density at radius 1 is 0.967 bits per heavy atom. The molecule has 13 nitrogen and oxygen atoms in total. The van der Waals surface area contributed by atoms with Crippen molar-refractivity contribution in [2.45, 2.75) is 39.0 Å². The van der Waals surface area contributed by atoms with Crippen LogP contribution in [0.4, 0.5) is 30.5 Å². The van der Waals surface area contributed by atoms with E-state index in [0.29, 0.717) is 89.4 Å². The van der Waals surface area contributed by atoms with Gasteiger partial charge in [-0.05, 0) is 86.5 Å². The number of H-pyrrole nitrogens is 1. The lowest BCUT2D eigenvalue weighted by Gasteiger charge is -2.36. The van der Waals surface area contributed by atoms with Gasteiger partial charge in [-0.3, -0.25) is 14.5 Å². The Bertz CT molecular complexity index is 2870. The molecule has 4 N–H and O–H groups in total. The number of hydrogen-bond donors (Lipinski definition) is 4. The third-order valence-corrected chi connectivity index (χ3v) is 11.1. The van der Waals surface area contributed by atoms with E-state index < -0.39 is 23.1 Å². The molecule has 0 aliphatic carbocycles. The molecule has 3 aromatic carbocycles. The van der Waals surface area contributed by atoms with Crippen LogP contribution >= 0.6 is 0 Å². The van der Waals surface area contributed by atoms with Gasteiger partial charge in [0.2, 0.25) is 5.95 Å². The van der Waals surface area contributed by atoms with Gasteiger partial charge in [0.05, 0.1) is 17.8 Å². The maximum absolute atomic E-state index is 15.7. The lowest BCUT2D eigenvalue weighted by Crippen LogP contribution is -2.46. The van der Waals surface area contributed by atoms with Crippen LogP contribution in [0.2, 0.25) is 0 Å². The van der Waals surface area contributed by atoms with E-state index in [4.69, 9.17) is 4.98 Å². The number of carbonyl (C=O) groups excluding carboxylic acids is 1. The summed E-state index contributed by atoms with van der Waals surface area (Å²) in [6.45, 7) is 10.1. The van der Waals surface area contributed by atoms with E-state index in [9.17, 15) is 19.1 Å². The number of pyridine rings is 1. The van der Waals surface area contributed by atoms with Gasteiger partial charge in [-0.2, -0.15) is 4.98 Å². The molecule has 0 bridgehead atoms. The molecule has 9 rings (SSSR count). The number of rotatable bonds is 10. The third-order valence-electron chi connectivity index (χ3n) is 11.1. The van der Waals surface area contributed by atoms with Crippen LogP contribution in [0.25, 0.3) is 39.0 Å². The molecule has 1 saturated heterocycles. The highest BCUT2D eigenvalue weighted by Gasteiger charge is 2.27. The van der Waals surface area contributed by atoms with E-state index in [1.54, 1.807) is 42.8 Å². The Morgan fingerprint density at radius 3 is 2.43 bits per heavy atom. The molecule has 0 atom stereocenters. The van der Waals surface area contributed by atoms with Crippen molar-refractivity contribution >= 4 is 45.2 Å². The van der Waals surface area contributed by atoms with Gasteiger partial charge < -0.3 is 25.6 Å². The van der Waals surface area contributed by atoms with Gasteiger partial charge >= 0.3 is 0 Å². The number of fused-ring (bicyclic) bond motifs is 1. The number of amides is 1. The van der Waals surface area contributed by atoms with E-state index in [1.807, 2.05) is 29.2 Å². The molecular formula is C44H41F3N10O3. The quantitative estimate of drug-likeness (QED) is 0.117. The second kappa shape index (κ2) is 15.1. The van der Waals surface area contributed by atoms with E-state index in [1.165, 1.54) is 35.1 Å². The maximum Gasteiger partial charge on any atom is 0.278 e. The van der Waals surface area contributed by atoms with Crippen LogP contribution in [-0.4, -0.2) is 77.9 Å². The van der Waals surface area contributed by atoms with Crippen molar-refractivity contribution in [3.63, 3.8) is 0 Å². The van der Waals surface area contributed by atoms with Crippen LogP contribution < -0.4 is 21.1 Å². The number of halogens is 3. The van der Waals surface area contributed by atoms with Crippen molar-refractivity contribution in [3.05, 3.63) is 136 Å². The molecule has 0 radical (unpaired) electrons. The molecule has 2 aliphatic rings. The highest BCUT2D eigenvalue weighted by atomic mass is 19.1. The lowest BCUT2D eigenvalue weighted by molar-refractivity contribution is 0.0737. The fraction of sp³-hybridized carbons (Fsp3) is 0.250. The number of piperazine rings is 1. The normalized spacial score (nSPS) is 14.8. The molecule has 2 aliphatic heterocycles. The summed E-state index contributed by atoms with van der Waals surface area (Å²) in [7, 11) is 0. The van der Waals surface area contributed by atoms with Crippen molar-refractivity contribution in [1.29, 1.82) is 0 Å². The van der Waals surface area contributed by atoms with Crippen molar-refractivity contribution in [2.75, 3.05) is 42.9 Å². The fourth-order valence-corrected chi connectivity index (χ4v) is 8.10. The van der Waals surface area contributed by atoms with Crippen molar-refractivity contribution in [3.8, 4) is 17.1 Å². The van der Waals surface area contributed by atoms with Crippen LogP contribution in [0.15, 0.2) is 90.4 Å². The standard InChI is InChI=1S/C44H41F3N10O3/c1-4-14-56-42(59)31-23-49-43(53-40(31)57(56)37-7-5-6-36(52-37)44(2,3)60)50-27-8-10-28(11-9-27)55-17-15-54(16-18-55)24-32-33(46)19-25(20-34(32)47)39-29-12-13-48-41(58)30-21-26(45)22-35(51-39)38(29)30/h4-11,19-23,51,60H,1,12-18,24H2,2-3H3,(H,48,58)(H,49,50,53). The second-order valence-electron chi connectivity index (χ2n) is 15.6. The molecule has 7 aromatic rings. The molecule has 0 unspecified atom stereocenters. The minimum atomic E-state index is -1.20. The second-order valence-corrected chi connectivity index (χ2v) is 15.6. The van der Waals surface area contributed by atoms with Crippen molar-refractivity contribution in [1.82, 2.24) is 39.5 Å². The van der Waals surface area contributed by atoms with Crippen molar-refractivity contribution < 1.29 is 23.1 Å². The van der Waals surface area contributed by atoms with Gasteiger partial charge in [0.15, 0.2) is 11.5 Å². The van der Waals surface area contributed by atoms with E-state index in [2.05, 4.69) is 37.1 Å². The van der Waals surface area contributed by atoms with Crippen LogP contribution in [0.5, 0.6) is 0 Å². The third kappa shape index (κ3) is 7.06. The van der Waals surface area contributed by atoms with Gasteiger partial charge in [-0.1, -0.05) is 12.1 Å². The number of nitrogens with one attached hydrogen (secondary N) is 3. The molecular weight excluding hydrogens is 774 g/mol. The Labute approximate surface area is 341 Å². The van der Waals surface area contributed by atoms with Gasteiger partial charge in [-0.15, -0.1) is 6.58 Å². The Hall–Kier alpha value is -6.78. The summed E-state index contributed by atoms with van der Waals surface area (Å²) in [6.07, 6.45) is 3.51. The summed E-state index contributed by atoms with van der Waals surface area (Å²) in [4.78, 5) is 47.1. The highest BCUT2D eigenvalue weighted by molar-refractivity contribution is 6.10. The number of allylic oxidation sites excluding steroid dienone is 1. The smallest absolute Gasteiger partial charge is 0.278 e. The highest BCUT2D eigenvalue weighted by Crippen LogP contribution is 2.36. The molecule has 6 heterocycles. The van der Waals surface area contributed by atoms with Gasteiger partial charge in [-0.25, -0.2) is 32.5 Å². The number of aromatic amines is 1. The number of aromatic nitrogens is 6. The lowest BCUT2D eigenvalue weighted by atomic mass is 9.99. The topological polar surface area (TPSA) is 149 Å². The van der Waals surface area contributed by atoms with E-state index >= 15 is 8.78 Å². The average molecular weight is 815 g/mol. The first kappa shape index (κ1) is 38.7. The molecule has 0 saturated carbocycles. The molecule has 1 fully saturated rings. The SMILES string of the molecule is C=CCn1c(=O)c2cnc(Nc3ccc(N4CCN(Cc5c(F)cc(-c6[nH]c7cc(F)cc8c7c6CCNC8=O)cc5F)CC4)cc3)nc2n1-c1cccc(C(C)(C)O)n1. The number of benzene rings is 3. The van der Waals surface area contributed by atoms with Crippen LogP contribution in [-0.2, 0) is 25.1 Å². The summed E-state index contributed by atoms with van der Waals surface area (Å²) in [5, 5.41) is 17.5. The summed E-state index contributed by atoms with van der Waals surface area (Å²) in [5.74, 6) is -1.64. The number of nitrogens with zero attached hydrogens (tertiary/aromatic N) is 7. The van der Waals surface area contributed by atoms with E-state index in [0.717, 1.165) is 11.4 Å². The summed E-state index contributed by atoms with van der Waals surface area (Å²) in [5.41, 5.74) is 3.01. The summed E-state index contributed by atoms with van der Waals surface area (Å²) >= 11 is 0. The Kier molecular flexibility index (Phi) is 9.75. The molecule has 1 amide bonds. The number of hydrogen-bond acceptors (Lipinski definition) is 9. The predicted molar refractivity (Wildman–Crippen MR) is 223 cm³/mol. The Balaban J connectivity index is 0.877. The zero-order valence-corrected chi connectivity index (χ0v) is 32.9. The van der Waals surface area contributed by atoms with Crippen molar-refractivity contribution in [2.24, 2.45) is 0 Å². The monoisotopic (exact) mass is 814 g/mol. The first-order chi connectivity index (χ1) is 28.9. The number of aliphatic hydroxyl groups is 1. The zero-order chi connectivity index (χ0) is 41.9. The minimum Gasteiger partial charge on any atom is -0.384 e. The number of carbonyl (C=O) groups is 1. The molecule has 60 heavy (non-hydrogen) atoms. The molecule has 16 heteroatoms. The van der Waals surface area contributed by atoms with Crippen LogP contribution in [0.3, 0.4) is 0 Å². The maximum atomic E-state index is 15.7. The first-order valence-corrected chi connectivity index (χ1v) is 19.6. The summed E-state index contributed by atoms with van der Waals surface area (Å²) < 4.78 is 48.8. The largest absolute Gasteiger partial charge is 0.384 e. The van der Waals surface area contributed by atoms with E-state index in [-0.39, 0.29) is 41.6 Å². The predicted octanol–water partition coefficient (Wildman–Crippen LogP) is 6.31. The Morgan fingerprint density at radius 2 is 1.72 bits per heavy atom. The number of anilines is 3. The van der Waals surface area contributed by atoms with Crippen LogP contribution in [0.1, 0.15) is 41.0 Å². The zero-order valence-electron chi connectivity index (χ0n) is 32.9. The molecule has 4 aromatic heterocycles. The molecule has 0 spiro atoms. The van der Waals surface area contributed by atoms with Gasteiger partial charge in [0.25, 0.3) is 11.5 Å². The minimum absolute atomic E-state index is 0.0262. The average Bonchev–Trinajstić information content (AvgIpc) is 3.66. The molecule has 306 valence electrons. The van der Waals surface area contributed by atoms with Gasteiger partial charge in [0.1, 0.15) is 28.4 Å². The first-order valence-electron chi connectivity index (χ1n) is 19.6.